The first kappa shape index (κ1) is 19.4. The lowest BCUT2D eigenvalue weighted by Crippen LogP contribution is -2.43. The van der Waals surface area contributed by atoms with Crippen LogP contribution in [0.1, 0.15) is 48.8 Å². The zero-order chi connectivity index (χ0) is 19.7. The van der Waals surface area contributed by atoms with Crippen molar-refractivity contribution in [1.29, 1.82) is 0 Å². The predicted molar refractivity (Wildman–Crippen MR) is 113 cm³/mol. The second-order valence-corrected chi connectivity index (χ2v) is 8.61. The van der Waals surface area contributed by atoms with Crippen LogP contribution >= 0.6 is 11.6 Å². The molecule has 0 radical (unpaired) electrons. The number of fused-ring (bicyclic) bond motifs is 1. The Kier molecular flexibility index (Phi) is 5.46. The van der Waals surface area contributed by atoms with Gasteiger partial charge in [-0.05, 0) is 72.6 Å². The summed E-state index contributed by atoms with van der Waals surface area (Å²) >= 11 is 5.98. The molecule has 5 heteroatoms. The van der Waals surface area contributed by atoms with E-state index < -0.39 is 5.60 Å². The molecule has 0 aromatic heterocycles. The molecule has 1 fully saturated rings. The van der Waals surface area contributed by atoms with E-state index in [4.69, 9.17) is 11.6 Å². The number of amides is 1. The van der Waals surface area contributed by atoms with Gasteiger partial charge in [-0.25, -0.2) is 0 Å². The summed E-state index contributed by atoms with van der Waals surface area (Å²) in [6.45, 7) is 4.32. The van der Waals surface area contributed by atoms with Gasteiger partial charge in [-0.3, -0.25) is 4.79 Å². The molecule has 1 amide bonds. The Morgan fingerprint density at radius 3 is 2.61 bits per heavy atom. The molecule has 1 atom stereocenters. The SMILES string of the molecule is CC(=O)Nc1ccc2c(c1)C(CN1CCC(O)(c3ccc(Cl)cc3)CC1)CC2. The van der Waals surface area contributed by atoms with E-state index in [9.17, 15) is 9.90 Å². The Bertz CT molecular complexity index is 857. The summed E-state index contributed by atoms with van der Waals surface area (Å²) in [5.41, 5.74) is 3.85. The zero-order valence-electron chi connectivity index (χ0n) is 16.2. The highest BCUT2D eigenvalue weighted by molar-refractivity contribution is 6.30. The molecular formula is C23H27ClN2O2. The largest absolute Gasteiger partial charge is 0.385 e. The van der Waals surface area contributed by atoms with Crippen LogP contribution in [0.3, 0.4) is 0 Å². The van der Waals surface area contributed by atoms with Crippen LogP contribution in [-0.2, 0) is 16.8 Å². The molecule has 28 heavy (non-hydrogen) atoms. The van der Waals surface area contributed by atoms with Crippen molar-refractivity contribution in [2.75, 3.05) is 25.0 Å². The number of aliphatic hydroxyl groups is 1. The van der Waals surface area contributed by atoms with Gasteiger partial charge in [-0.15, -0.1) is 0 Å². The van der Waals surface area contributed by atoms with Crippen molar-refractivity contribution in [3.05, 3.63) is 64.2 Å². The Morgan fingerprint density at radius 2 is 1.93 bits per heavy atom. The Labute approximate surface area is 171 Å². The summed E-state index contributed by atoms with van der Waals surface area (Å²) < 4.78 is 0. The third-order valence-electron chi connectivity index (χ3n) is 6.21. The number of piperidine rings is 1. The van der Waals surface area contributed by atoms with Gasteiger partial charge in [0.25, 0.3) is 0 Å². The third-order valence-corrected chi connectivity index (χ3v) is 6.46. The number of likely N-dealkylation sites (tertiary alicyclic amines) is 1. The van der Waals surface area contributed by atoms with Crippen LogP contribution in [-0.4, -0.2) is 35.5 Å². The number of rotatable bonds is 4. The molecule has 4 nitrogen and oxygen atoms in total. The molecule has 1 heterocycles. The Morgan fingerprint density at radius 1 is 1.21 bits per heavy atom. The second-order valence-electron chi connectivity index (χ2n) is 8.17. The van der Waals surface area contributed by atoms with Crippen LogP contribution in [0.5, 0.6) is 0 Å². The van der Waals surface area contributed by atoms with Gasteiger partial charge in [0.1, 0.15) is 0 Å². The molecule has 0 spiro atoms. The van der Waals surface area contributed by atoms with Crippen LogP contribution in [0.25, 0.3) is 0 Å². The van der Waals surface area contributed by atoms with Gasteiger partial charge in [0.2, 0.25) is 5.91 Å². The highest BCUT2D eigenvalue weighted by atomic mass is 35.5. The normalized spacial score (nSPS) is 21.3. The first-order chi connectivity index (χ1) is 13.4. The summed E-state index contributed by atoms with van der Waals surface area (Å²) in [5.74, 6) is 0.456. The van der Waals surface area contributed by atoms with Crippen LogP contribution in [0.2, 0.25) is 5.02 Å². The van der Waals surface area contributed by atoms with E-state index in [1.165, 1.54) is 11.1 Å². The lowest BCUT2D eigenvalue weighted by molar-refractivity contribution is -0.114. The van der Waals surface area contributed by atoms with Crippen molar-refractivity contribution in [3.63, 3.8) is 0 Å². The number of nitrogens with zero attached hydrogens (tertiary/aromatic N) is 1. The van der Waals surface area contributed by atoms with Crippen molar-refractivity contribution in [3.8, 4) is 0 Å². The fraction of sp³-hybridized carbons (Fsp3) is 0.435. The molecule has 4 rings (SSSR count). The quantitative estimate of drug-likeness (QED) is 0.806. The van der Waals surface area contributed by atoms with Gasteiger partial charge in [-0.2, -0.15) is 0 Å². The van der Waals surface area contributed by atoms with Gasteiger partial charge in [0, 0.05) is 37.3 Å². The minimum Gasteiger partial charge on any atom is -0.385 e. The van der Waals surface area contributed by atoms with Crippen molar-refractivity contribution < 1.29 is 9.90 Å². The number of anilines is 1. The van der Waals surface area contributed by atoms with Gasteiger partial charge < -0.3 is 15.3 Å². The number of carbonyl (C=O) groups excluding carboxylic acids is 1. The van der Waals surface area contributed by atoms with E-state index in [0.29, 0.717) is 10.9 Å². The summed E-state index contributed by atoms with van der Waals surface area (Å²) in [7, 11) is 0. The summed E-state index contributed by atoms with van der Waals surface area (Å²) in [6, 6.07) is 13.9. The van der Waals surface area contributed by atoms with E-state index in [0.717, 1.165) is 56.6 Å². The lowest BCUT2D eigenvalue weighted by atomic mass is 9.84. The molecule has 2 N–H and O–H groups in total. The Hall–Kier alpha value is -1.88. The number of benzene rings is 2. The van der Waals surface area contributed by atoms with E-state index in [2.05, 4.69) is 22.3 Å². The van der Waals surface area contributed by atoms with Gasteiger partial charge >= 0.3 is 0 Å². The first-order valence-electron chi connectivity index (χ1n) is 10.0. The van der Waals surface area contributed by atoms with E-state index in [1.807, 2.05) is 30.3 Å². The maximum absolute atomic E-state index is 11.4. The topological polar surface area (TPSA) is 52.6 Å². The number of hydrogen-bond donors (Lipinski definition) is 2. The van der Waals surface area contributed by atoms with Crippen molar-refractivity contribution in [2.45, 2.75) is 44.1 Å². The monoisotopic (exact) mass is 398 g/mol. The molecule has 1 aliphatic carbocycles. The van der Waals surface area contributed by atoms with Crippen molar-refractivity contribution >= 4 is 23.2 Å². The molecule has 0 saturated carbocycles. The molecule has 2 aromatic rings. The van der Waals surface area contributed by atoms with Crippen molar-refractivity contribution in [2.24, 2.45) is 0 Å². The molecule has 2 aliphatic rings. The molecule has 2 aromatic carbocycles. The number of carbonyl (C=O) groups is 1. The molecule has 1 saturated heterocycles. The molecule has 148 valence electrons. The highest BCUT2D eigenvalue weighted by Gasteiger charge is 2.35. The van der Waals surface area contributed by atoms with E-state index in [-0.39, 0.29) is 5.91 Å². The molecule has 1 aliphatic heterocycles. The maximum Gasteiger partial charge on any atom is 0.221 e. The van der Waals surface area contributed by atoms with Crippen molar-refractivity contribution in [1.82, 2.24) is 4.90 Å². The van der Waals surface area contributed by atoms with E-state index >= 15 is 0 Å². The van der Waals surface area contributed by atoms with Crippen LogP contribution in [0.15, 0.2) is 42.5 Å². The fourth-order valence-electron chi connectivity index (χ4n) is 4.62. The molecule has 1 unspecified atom stereocenters. The number of aryl methyl sites for hydroxylation is 1. The Balaban J connectivity index is 1.40. The average Bonchev–Trinajstić information content (AvgIpc) is 3.06. The predicted octanol–water partition coefficient (Wildman–Crippen LogP) is 4.31. The molecule has 0 bridgehead atoms. The first-order valence-corrected chi connectivity index (χ1v) is 10.4. The number of hydrogen-bond acceptors (Lipinski definition) is 3. The minimum atomic E-state index is -0.757. The van der Waals surface area contributed by atoms with E-state index in [1.54, 1.807) is 6.92 Å². The van der Waals surface area contributed by atoms with Gasteiger partial charge in [-0.1, -0.05) is 29.8 Å². The standard InChI is InChI=1S/C23H27ClN2O2/c1-16(27)25-21-9-4-17-2-3-18(22(17)14-21)15-26-12-10-23(28,11-13-26)19-5-7-20(24)8-6-19/h4-9,14,18,28H,2-3,10-13,15H2,1H3,(H,25,27). The second kappa shape index (κ2) is 7.86. The zero-order valence-corrected chi connectivity index (χ0v) is 17.0. The van der Waals surface area contributed by atoms with Gasteiger partial charge in [0.15, 0.2) is 0 Å². The average molecular weight is 399 g/mol. The third kappa shape index (κ3) is 4.09. The maximum atomic E-state index is 11.4. The summed E-state index contributed by atoms with van der Waals surface area (Å²) in [4.78, 5) is 13.8. The number of nitrogens with one attached hydrogen (secondary N) is 1. The fourth-order valence-corrected chi connectivity index (χ4v) is 4.75. The molecular weight excluding hydrogens is 372 g/mol. The smallest absolute Gasteiger partial charge is 0.221 e. The summed E-state index contributed by atoms with van der Waals surface area (Å²) in [6.07, 6.45) is 3.72. The van der Waals surface area contributed by atoms with Crippen LogP contribution in [0, 0.1) is 0 Å². The van der Waals surface area contributed by atoms with Crippen LogP contribution < -0.4 is 5.32 Å². The van der Waals surface area contributed by atoms with Crippen LogP contribution in [0.4, 0.5) is 5.69 Å². The van der Waals surface area contributed by atoms with Gasteiger partial charge in [0.05, 0.1) is 5.60 Å². The lowest BCUT2D eigenvalue weighted by Gasteiger charge is -2.39. The number of halogens is 1. The summed E-state index contributed by atoms with van der Waals surface area (Å²) in [5, 5.41) is 14.7. The minimum absolute atomic E-state index is 0.0352. The highest BCUT2D eigenvalue weighted by Crippen LogP contribution is 2.38.